The first-order chi connectivity index (χ1) is 16.4. The van der Waals surface area contributed by atoms with Crippen molar-refractivity contribution < 1.29 is 4.79 Å². The number of hydrogen-bond acceptors (Lipinski definition) is 5. The highest BCUT2D eigenvalue weighted by Gasteiger charge is 2.31. The molecule has 7 nitrogen and oxygen atoms in total. The van der Waals surface area contributed by atoms with E-state index in [0.717, 1.165) is 40.9 Å². The zero-order valence-corrected chi connectivity index (χ0v) is 20.4. The van der Waals surface area contributed by atoms with Crippen molar-refractivity contribution in [2.45, 2.75) is 50.1 Å². The van der Waals surface area contributed by atoms with Gasteiger partial charge in [-0.2, -0.15) is 5.10 Å². The molecule has 1 saturated carbocycles. The maximum Gasteiger partial charge on any atom is 0.236 e. The van der Waals surface area contributed by atoms with Gasteiger partial charge in [-0.3, -0.25) is 9.36 Å². The first-order valence-corrected chi connectivity index (χ1v) is 12.5. The van der Waals surface area contributed by atoms with Gasteiger partial charge in [0.05, 0.1) is 17.1 Å². The van der Waals surface area contributed by atoms with Gasteiger partial charge in [-0.15, -0.1) is 10.2 Å². The van der Waals surface area contributed by atoms with E-state index in [0.29, 0.717) is 11.7 Å². The molecule has 0 saturated heterocycles. The normalized spacial score (nSPS) is 13.7. The molecule has 1 fully saturated rings. The van der Waals surface area contributed by atoms with Crippen molar-refractivity contribution in [1.29, 1.82) is 0 Å². The number of benzene rings is 2. The van der Waals surface area contributed by atoms with Gasteiger partial charge in [-0.1, -0.05) is 68.9 Å². The fourth-order valence-corrected chi connectivity index (χ4v) is 4.47. The Balaban J connectivity index is 1.36. The van der Waals surface area contributed by atoms with Crippen molar-refractivity contribution in [3.8, 4) is 11.4 Å². The minimum absolute atomic E-state index is 0.113. The molecule has 1 amide bonds. The molecule has 0 bridgehead atoms. The van der Waals surface area contributed by atoms with E-state index in [9.17, 15) is 4.79 Å². The molecule has 0 atom stereocenters. The Labute approximate surface area is 203 Å². The molecule has 2 heterocycles. The van der Waals surface area contributed by atoms with Gasteiger partial charge in [0.25, 0.3) is 0 Å². The summed E-state index contributed by atoms with van der Waals surface area (Å²) in [5.41, 5.74) is 2.70. The molecule has 1 aliphatic rings. The Bertz CT molecular complexity index is 1290. The summed E-state index contributed by atoms with van der Waals surface area (Å²) < 4.78 is 3.88. The zero-order chi connectivity index (χ0) is 23.7. The van der Waals surface area contributed by atoms with Crippen LogP contribution in [0, 0.1) is 0 Å². The average molecular weight is 473 g/mol. The van der Waals surface area contributed by atoms with E-state index in [1.54, 1.807) is 4.68 Å². The predicted molar refractivity (Wildman–Crippen MR) is 135 cm³/mol. The van der Waals surface area contributed by atoms with Crippen LogP contribution in [0.4, 0.5) is 5.82 Å². The van der Waals surface area contributed by atoms with Gasteiger partial charge in [0.15, 0.2) is 5.16 Å². The third kappa shape index (κ3) is 4.77. The van der Waals surface area contributed by atoms with Crippen LogP contribution in [0.15, 0.2) is 71.9 Å². The van der Waals surface area contributed by atoms with Crippen LogP contribution in [0.3, 0.4) is 0 Å². The minimum atomic E-state index is -0.139. The largest absolute Gasteiger partial charge is 0.310 e. The number of anilines is 1. The Morgan fingerprint density at radius 1 is 1.00 bits per heavy atom. The maximum atomic E-state index is 13.0. The first kappa shape index (κ1) is 22.4. The molecule has 2 aromatic heterocycles. The number of rotatable bonds is 7. The molecule has 0 unspecified atom stereocenters. The fraction of sp³-hybridized carbons (Fsp3) is 0.308. The number of aromatic nitrogens is 5. The summed E-state index contributed by atoms with van der Waals surface area (Å²) >= 11 is 1.40. The zero-order valence-electron chi connectivity index (χ0n) is 19.6. The molecule has 8 heteroatoms. The summed E-state index contributed by atoms with van der Waals surface area (Å²) in [6.45, 7) is 6.33. The van der Waals surface area contributed by atoms with Gasteiger partial charge in [0.2, 0.25) is 5.91 Å². The van der Waals surface area contributed by atoms with Crippen molar-refractivity contribution in [2.24, 2.45) is 0 Å². The monoisotopic (exact) mass is 472 g/mol. The first-order valence-electron chi connectivity index (χ1n) is 11.5. The maximum absolute atomic E-state index is 13.0. The van der Waals surface area contributed by atoms with Crippen molar-refractivity contribution in [1.82, 2.24) is 24.5 Å². The molecular weight excluding hydrogens is 444 g/mol. The van der Waals surface area contributed by atoms with Gasteiger partial charge < -0.3 is 5.32 Å². The van der Waals surface area contributed by atoms with Crippen molar-refractivity contribution in [3.63, 3.8) is 0 Å². The Kier molecular flexibility index (Phi) is 6.00. The second-order valence-corrected chi connectivity index (χ2v) is 10.5. The number of carbonyl (C=O) groups is 1. The summed E-state index contributed by atoms with van der Waals surface area (Å²) in [7, 11) is 0. The number of thioether (sulfide) groups is 1. The third-order valence-electron chi connectivity index (χ3n) is 5.69. The van der Waals surface area contributed by atoms with Crippen LogP contribution in [0.1, 0.15) is 51.0 Å². The Morgan fingerprint density at radius 2 is 1.65 bits per heavy atom. The number of nitrogens with zero attached hydrogens (tertiary/aromatic N) is 5. The third-order valence-corrected chi connectivity index (χ3v) is 6.62. The lowest BCUT2D eigenvalue weighted by molar-refractivity contribution is -0.113. The van der Waals surface area contributed by atoms with E-state index in [-0.39, 0.29) is 17.1 Å². The molecule has 34 heavy (non-hydrogen) atoms. The predicted octanol–water partition coefficient (Wildman–Crippen LogP) is 5.36. The van der Waals surface area contributed by atoms with E-state index >= 15 is 0 Å². The topological polar surface area (TPSA) is 77.6 Å². The molecule has 1 N–H and O–H groups in total. The van der Waals surface area contributed by atoms with E-state index in [2.05, 4.69) is 40.9 Å². The van der Waals surface area contributed by atoms with Gasteiger partial charge >= 0.3 is 0 Å². The summed E-state index contributed by atoms with van der Waals surface area (Å²) in [6.07, 6.45) is 2.27. The highest BCUT2D eigenvalue weighted by Crippen LogP contribution is 2.41. The lowest BCUT2D eigenvalue weighted by atomic mass is 9.92. The molecular formula is C26H28N6OS. The van der Waals surface area contributed by atoms with Crippen molar-refractivity contribution in [3.05, 3.63) is 78.2 Å². The lowest BCUT2D eigenvalue weighted by Gasteiger charge is -2.14. The molecule has 0 spiro atoms. The highest BCUT2D eigenvalue weighted by molar-refractivity contribution is 7.99. The van der Waals surface area contributed by atoms with Gasteiger partial charge in [0, 0.05) is 23.1 Å². The Hall–Kier alpha value is -3.39. The van der Waals surface area contributed by atoms with E-state index < -0.39 is 0 Å². The summed E-state index contributed by atoms with van der Waals surface area (Å²) in [4.78, 5) is 13.0. The molecule has 0 radical (unpaired) electrons. The number of carbonyl (C=O) groups excluding carboxylic acids is 1. The molecule has 174 valence electrons. The Morgan fingerprint density at radius 3 is 2.26 bits per heavy atom. The SMILES string of the molecule is CC(C)(C)c1cc(NC(=O)CSc2nnc(C3CC3)n2-c2ccccc2)n(-c2ccccc2)n1. The smallest absolute Gasteiger partial charge is 0.236 e. The average Bonchev–Trinajstić information content (AvgIpc) is 3.44. The quantitative estimate of drug-likeness (QED) is 0.367. The number of nitrogens with one attached hydrogen (secondary N) is 1. The van der Waals surface area contributed by atoms with Crippen LogP contribution in [-0.2, 0) is 10.2 Å². The van der Waals surface area contributed by atoms with Gasteiger partial charge in [-0.25, -0.2) is 4.68 Å². The van der Waals surface area contributed by atoms with Crippen molar-refractivity contribution >= 4 is 23.5 Å². The van der Waals surface area contributed by atoms with Gasteiger partial charge in [-0.05, 0) is 37.1 Å². The summed E-state index contributed by atoms with van der Waals surface area (Å²) in [5.74, 6) is 2.20. The molecule has 1 aliphatic carbocycles. The standard InChI is InChI=1S/C26H28N6OS/c1-26(2,3)21-16-22(32(30-21)20-12-8-5-9-13-20)27-23(33)17-34-25-29-28-24(18-14-15-18)31(25)19-10-6-4-7-11-19/h4-13,16,18H,14-15,17H2,1-3H3,(H,27,33). The minimum Gasteiger partial charge on any atom is -0.310 e. The summed E-state index contributed by atoms with van der Waals surface area (Å²) in [5, 5.41) is 17.4. The van der Waals surface area contributed by atoms with Crippen LogP contribution in [0.5, 0.6) is 0 Å². The molecule has 5 rings (SSSR count). The number of amides is 1. The second kappa shape index (κ2) is 9.10. The van der Waals surface area contributed by atoms with Crippen LogP contribution >= 0.6 is 11.8 Å². The van der Waals surface area contributed by atoms with Crippen LogP contribution < -0.4 is 5.32 Å². The lowest BCUT2D eigenvalue weighted by Crippen LogP contribution is -2.17. The van der Waals surface area contributed by atoms with Crippen LogP contribution in [0.25, 0.3) is 11.4 Å². The molecule has 2 aromatic carbocycles. The fourth-order valence-electron chi connectivity index (χ4n) is 3.71. The van der Waals surface area contributed by atoms with Crippen LogP contribution in [-0.4, -0.2) is 36.2 Å². The van der Waals surface area contributed by atoms with Crippen LogP contribution in [0.2, 0.25) is 0 Å². The number of para-hydroxylation sites is 2. The molecule has 4 aromatic rings. The number of hydrogen-bond donors (Lipinski definition) is 1. The van der Waals surface area contributed by atoms with Crippen molar-refractivity contribution in [2.75, 3.05) is 11.1 Å². The highest BCUT2D eigenvalue weighted by atomic mass is 32.2. The second-order valence-electron chi connectivity index (χ2n) is 9.54. The van der Waals surface area contributed by atoms with Gasteiger partial charge in [0.1, 0.15) is 11.6 Å². The van der Waals surface area contributed by atoms with E-state index in [1.807, 2.05) is 66.7 Å². The summed E-state index contributed by atoms with van der Waals surface area (Å²) in [6, 6.07) is 21.9. The molecule has 0 aliphatic heterocycles. The van der Waals surface area contributed by atoms with E-state index in [1.165, 1.54) is 11.8 Å². The van der Waals surface area contributed by atoms with E-state index in [4.69, 9.17) is 5.10 Å².